The minimum Gasteiger partial charge on any atom is -0.364 e. The fourth-order valence-corrected chi connectivity index (χ4v) is 2.70. The summed E-state index contributed by atoms with van der Waals surface area (Å²) in [6, 6.07) is 5.27. The molecule has 1 unspecified atom stereocenters. The van der Waals surface area contributed by atoms with Crippen LogP contribution in [-0.4, -0.2) is 36.7 Å². The number of nitrogens with two attached hydrogens (primary N) is 1. The first-order chi connectivity index (χ1) is 12.4. The van der Waals surface area contributed by atoms with Crippen molar-refractivity contribution in [3.05, 3.63) is 53.2 Å². The van der Waals surface area contributed by atoms with Crippen molar-refractivity contribution in [3.8, 4) is 11.3 Å². The zero-order valence-electron chi connectivity index (χ0n) is 14.3. The summed E-state index contributed by atoms with van der Waals surface area (Å²) in [6.07, 6.45) is 5.64. The lowest BCUT2D eigenvalue weighted by molar-refractivity contribution is 0.0991. The van der Waals surface area contributed by atoms with Crippen molar-refractivity contribution in [2.24, 2.45) is 12.8 Å². The summed E-state index contributed by atoms with van der Waals surface area (Å²) >= 11 is 6.13. The van der Waals surface area contributed by atoms with Gasteiger partial charge in [0.05, 0.1) is 16.4 Å². The molecule has 0 aliphatic rings. The monoisotopic (exact) mass is 371 g/mol. The molecule has 3 aromatic heterocycles. The maximum atomic E-state index is 11.3. The molecule has 134 valence electrons. The Hall–Kier alpha value is -3.00. The third-order valence-electron chi connectivity index (χ3n) is 3.79. The van der Waals surface area contributed by atoms with Crippen LogP contribution in [0.3, 0.4) is 0 Å². The number of rotatable bonds is 6. The van der Waals surface area contributed by atoms with Crippen molar-refractivity contribution in [2.45, 2.75) is 19.4 Å². The SMILES string of the molecule is CC(Cc1ncccc1Cl)Nc1ncc(-c2cc(C(N)=O)n(C)n2)cn1. The van der Waals surface area contributed by atoms with Crippen LogP contribution in [0.5, 0.6) is 0 Å². The van der Waals surface area contributed by atoms with E-state index in [4.69, 9.17) is 17.3 Å². The van der Waals surface area contributed by atoms with Crippen LogP contribution in [0.2, 0.25) is 5.02 Å². The third kappa shape index (κ3) is 3.97. The molecule has 8 nitrogen and oxygen atoms in total. The van der Waals surface area contributed by atoms with Gasteiger partial charge in [-0.25, -0.2) is 9.97 Å². The molecule has 3 heterocycles. The van der Waals surface area contributed by atoms with Gasteiger partial charge in [0.2, 0.25) is 5.95 Å². The largest absolute Gasteiger partial charge is 0.364 e. The average molecular weight is 372 g/mol. The van der Waals surface area contributed by atoms with E-state index >= 15 is 0 Å². The first-order valence-electron chi connectivity index (χ1n) is 7.96. The van der Waals surface area contributed by atoms with Gasteiger partial charge in [-0.2, -0.15) is 5.10 Å². The van der Waals surface area contributed by atoms with Gasteiger partial charge < -0.3 is 11.1 Å². The lowest BCUT2D eigenvalue weighted by Crippen LogP contribution is -2.20. The minimum atomic E-state index is -0.535. The number of nitrogens with one attached hydrogen (secondary N) is 1. The molecule has 0 fully saturated rings. The quantitative estimate of drug-likeness (QED) is 0.686. The molecular weight excluding hydrogens is 354 g/mol. The minimum absolute atomic E-state index is 0.0459. The summed E-state index contributed by atoms with van der Waals surface area (Å²) in [5.74, 6) is -0.0492. The number of carbonyl (C=O) groups is 1. The molecule has 0 aliphatic heterocycles. The number of primary amides is 1. The van der Waals surface area contributed by atoms with Crippen LogP contribution < -0.4 is 11.1 Å². The van der Waals surface area contributed by atoms with E-state index in [0.717, 1.165) is 5.69 Å². The van der Waals surface area contributed by atoms with E-state index in [1.54, 1.807) is 37.8 Å². The lowest BCUT2D eigenvalue weighted by atomic mass is 10.1. The Morgan fingerprint density at radius 2 is 2.08 bits per heavy atom. The molecule has 0 aromatic carbocycles. The number of anilines is 1. The number of hydrogen-bond acceptors (Lipinski definition) is 6. The maximum absolute atomic E-state index is 11.3. The van der Waals surface area contributed by atoms with E-state index in [1.165, 1.54) is 4.68 Å². The second-order valence-corrected chi connectivity index (χ2v) is 6.29. The third-order valence-corrected chi connectivity index (χ3v) is 4.13. The molecule has 3 N–H and O–H groups in total. The molecule has 0 saturated heterocycles. The van der Waals surface area contributed by atoms with Crippen LogP contribution in [0.25, 0.3) is 11.3 Å². The topological polar surface area (TPSA) is 112 Å². The van der Waals surface area contributed by atoms with Gasteiger partial charge in [0.15, 0.2) is 0 Å². The van der Waals surface area contributed by atoms with E-state index in [0.29, 0.717) is 34.3 Å². The van der Waals surface area contributed by atoms with Crippen molar-refractivity contribution in [2.75, 3.05) is 5.32 Å². The molecular formula is C17H18ClN7O. The Bertz CT molecular complexity index is 923. The van der Waals surface area contributed by atoms with Crippen molar-refractivity contribution < 1.29 is 4.79 Å². The van der Waals surface area contributed by atoms with Gasteiger partial charge in [-0.15, -0.1) is 0 Å². The second-order valence-electron chi connectivity index (χ2n) is 5.88. The van der Waals surface area contributed by atoms with Crippen molar-refractivity contribution in [1.82, 2.24) is 24.7 Å². The van der Waals surface area contributed by atoms with Crippen LogP contribution in [0.4, 0.5) is 5.95 Å². The van der Waals surface area contributed by atoms with Gasteiger partial charge in [-0.1, -0.05) is 11.6 Å². The van der Waals surface area contributed by atoms with Crippen LogP contribution in [-0.2, 0) is 13.5 Å². The highest BCUT2D eigenvalue weighted by molar-refractivity contribution is 6.31. The van der Waals surface area contributed by atoms with Gasteiger partial charge in [-0.05, 0) is 25.1 Å². The van der Waals surface area contributed by atoms with Gasteiger partial charge in [0, 0.05) is 43.7 Å². The summed E-state index contributed by atoms with van der Waals surface area (Å²) in [5.41, 5.74) is 7.72. The number of halogens is 1. The maximum Gasteiger partial charge on any atom is 0.266 e. The summed E-state index contributed by atoms with van der Waals surface area (Å²) in [4.78, 5) is 24.2. The molecule has 0 spiro atoms. The molecule has 3 rings (SSSR count). The fourth-order valence-electron chi connectivity index (χ4n) is 2.50. The van der Waals surface area contributed by atoms with Gasteiger partial charge >= 0.3 is 0 Å². The van der Waals surface area contributed by atoms with Crippen LogP contribution in [0.15, 0.2) is 36.8 Å². The standard InChI is InChI=1S/C17H18ClN7O/c1-10(6-14-12(18)4-3-5-20-14)23-17-21-8-11(9-22-17)13-7-15(16(19)26)25(2)24-13/h3-5,7-10H,6H2,1-2H3,(H2,19,26)(H,21,22,23). The van der Waals surface area contributed by atoms with Gasteiger partial charge in [0.1, 0.15) is 5.69 Å². The number of nitrogens with zero attached hydrogens (tertiary/aromatic N) is 5. The van der Waals surface area contributed by atoms with Crippen molar-refractivity contribution in [1.29, 1.82) is 0 Å². The zero-order valence-corrected chi connectivity index (χ0v) is 15.1. The highest BCUT2D eigenvalue weighted by Gasteiger charge is 2.13. The van der Waals surface area contributed by atoms with Crippen molar-refractivity contribution in [3.63, 3.8) is 0 Å². The predicted octanol–water partition coefficient (Wildman–Crippen LogP) is 2.07. The molecule has 0 aliphatic carbocycles. The molecule has 26 heavy (non-hydrogen) atoms. The van der Waals surface area contributed by atoms with E-state index < -0.39 is 5.91 Å². The Morgan fingerprint density at radius 1 is 1.35 bits per heavy atom. The zero-order chi connectivity index (χ0) is 18.7. The summed E-state index contributed by atoms with van der Waals surface area (Å²) in [5, 5.41) is 8.10. The van der Waals surface area contributed by atoms with E-state index in [1.807, 2.05) is 13.0 Å². The average Bonchev–Trinajstić information content (AvgIpc) is 3.00. The Labute approximate surface area is 155 Å². The number of amides is 1. The Balaban J connectivity index is 1.69. The molecule has 0 bridgehead atoms. The van der Waals surface area contributed by atoms with Crippen LogP contribution in [0.1, 0.15) is 23.1 Å². The normalized spacial score (nSPS) is 12.0. The number of carbonyl (C=O) groups excluding carboxylic acids is 1. The molecule has 0 saturated carbocycles. The molecule has 9 heteroatoms. The van der Waals surface area contributed by atoms with Gasteiger partial charge in [-0.3, -0.25) is 14.5 Å². The van der Waals surface area contributed by atoms with E-state index in [-0.39, 0.29) is 6.04 Å². The number of hydrogen-bond donors (Lipinski definition) is 2. The highest BCUT2D eigenvalue weighted by Crippen LogP contribution is 2.19. The summed E-state index contributed by atoms with van der Waals surface area (Å²) in [6.45, 7) is 2.00. The first-order valence-corrected chi connectivity index (χ1v) is 8.34. The lowest BCUT2D eigenvalue weighted by Gasteiger charge is -2.14. The van der Waals surface area contributed by atoms with E-state index in [9.17, 15) is 4.79 Å². The fraction of sp³-hybridized carbons (Fsp3) is 0.235. The first kappa shape index (κ1) is 17.8. The molecule has 0 radical (unpaired) electrons. The highest BCUT2D eigenvalue weighted by atomic mass is 35.5. The molecule has 3 aromatic rings. The Kier molecular flexibility index (Phi) is 5.13. The number of aromatic nitrogens is 5. The molecule has 1 atom stereocenters. The summed E-state index contributed by atoms with van der Waals surface area (Å²) < 4.78 is 1.43. The Morgan fingerprint density at radius 3 is 2.69 bits per heavy atom. The smallest absolute Gasteiger partial charge is 0.266 e. The predicted molar refractivity (Wildman–Crippen MR) is 98.8 cm³/mol. The van der Waals surface area contributed by atoms with Crippen LogP contribution >= 0.6 is 11.6 Å². The second kappa shape index (κ2) is 7.49. The number of pyridine rings is 1. The summed E-state index contributed by atoms with van der Waals surface area (Å²) in [7, 11) is 1.66. The van der Waals surface area contributed by atoms with Crippen LogP contribution in [0, 0.1) is 0 Å². The van der Waals surface area contributed by atoms with Crippen molar-refractivity contribution >= 4 is 23.5 Å². The number of aryl methyl sites for hydroxylation is 1. The van der Waals surface area contributed by atoms with Gasteiger partial charge in [0.25, 0.3) is 5.91 Å². The van der Waals surface area contributed by atoms with E-state index in [2.05, 4.69) is 25.4 Å². The molecule has 1 amide bonds.